The Labute approximate surface area is 206 Å². The average molecular weight is 477 g/mol. The van der Waals surface area contributed by atoms with Gasteiger partial charge >= 0.3 is 0 Å². The molecule has 176 valence electrons. The van der Waals surface area contributed by atoms with E-state index in [0.717, 1.165) is 35.5 Å². The molecular formula is C27H21FN8. The minimum absolute atomic E-state index is 0.298. The summed E-state index contributed by atoms with van der Waals surface area (Å²) in [5, 5.41) is 20.7. The van der Waals surface area contributed by atoms with Gasteiger partial charge < -0.3 is 5.32 Å². The third-order valence-electron chi connectivity index (χ3n) is 5.85. The van der Waals surface area contributed by atoms with E-state index in [2.05, 4.69) is 37.7 Å². The third kappa shape index (κ3) is 4.41. The van der Waals surface area contributed by atoms with Gasteiger partial charge in [0.2, 0.25) is 0 Å². The maximum atomic E-state index is 13.6. The molecule has 6 aromatic rings. The zero-order valence-corrected chi connectivity index (χ0v) is 19.2. The van der Waals surface area contributed by atoms with Crippen LogP contribution in [0.1, 0.15) is 5.56 Å². The summed E-state index contributed by atoms with van der Waals surface area (Å²) in [6.45, 7) is 0.757. The number of aromatic nitrogens is 7. The van der Waals surface area contributed by atoms with E-state index in [0.29, 0.717) is 17.2 Å². The van der Waals surface area contributed by atoms with Crippen molar-refractivity contribution in [2.45, 2.75) is 6.42 Å². The Kier molecular flexibility index (Phi) is 5.63. The number of anilines is 1. The van der Waals surface area contributed by atoms with Crippen LogP contribution in [-0.2, 0) is 6.42 Å². The Bertz CT molecular complexity index is 1620. The first-order valence-corrected chi connectivity index (χ1v) is 11.5. The molecule has 0 amide bonds. The molecule has 6 rings (SSSR count). The minimum atomic E-state index is -0.298. The van der Waals surface area contributed by atoms with Gasteiger partial charge in [-0.05, 0) is 66.1 Å². The lowest BCUT2D eigenvalue weighted by molar-refractivity contribution is 0.628. The monoisotopic (exact) mass is 476 g/mol. The van der Waals surface area contributed by atoms with E-state index in [-0.39, 0.29) is 5.82 Å². The lowest BCUT2D eigenvalue weighted by atomic mass is 10.0. The summed E-state index contributed by atoms with van der Waals surface area (Å²) in [5.41, 5.74) is 5.22. The molecule has 0 fully saturated rings. The zero-order chi connectivity index (χ0) is 24.3. The first-order chi connectivity index (χ1) is 17.7. The summed E-state index contributed by atoms with van der Waals surface area (Å²) >= 11 is 0. The van der Waals surface area contributed by atoms with Crippen molar-refractivity contribution in [1.82, 2.24) is 34.6 Å². The molecule has 0 radical (unpaired) electrons. The van der Waals surface area contributed by atoms with E-state index in [4.69, 9.17) is 5.10 Å². The molecule has 1 N–H and O–H groups in total. The Balaban J connectivity index is 1.35. The van der Waals surface area contributed by atoms with Crippen molar-refractivity contribution in [2.75, 3.05) is 11.9 Å². The summed E-state index contributed by atoms with van der Waals surface area (Å²) in [6, 6.07) is 24.2. The number of fused-ring (bicyclic) bond motifs is 1. The van der Waals surface area contributed by atoms with Crippen molar-refractivity contribution in [3.8, 4) is 28.2 Å². The SMILES string of the molecule is Fc1ccc(-c2nn(-c3ccc4nncn4n3)cc2-c2ccnc(NCCc3ccccc3)c2)cc1. The van der Waals surface area contributed by atoms with Gasteiger partial charge in [0.1, 0.15) is 23.7 Å². The van der Waals surface area contributed by atoms with E-state index in [1.54, 1.807) is 33.9 Å². The number of nitrogens with one attached hydrogen (secondary N) is 1. The fraction of sp³-hybridized carbons (Fsp3) is 0.0741. The first-order valence-electron chi connectivity index (χ1n) is 11.5. The first kappa shape index (κ1) is 21.6. The number of nitrogens with zero attached hydrogens (tertiary/aromatic N) is 7. The maximum Gasteiger partial charge on any atom is 0.177 e. The van der Waals surface area contributed by atoms with Crippen molar-refractivity contribution in [3.05, 3.63) is 109 Å². The van der Waals surface area contributed by atoms with Crippen LogP contribution in [0.25, 0.3) is 33.8 Å². The lowest BCUT2D eigenvalue weighted by Gasteiger charge is -2.08. The van der Waals surface area contributed by atoms with Crippen molar-refractivity contribution < 1.29 is 4.39 Å². The van der Waals surface area contributed by atoms with Gasteiger partial charge in [0, 0.05) is 30.1 Å². The van der Waals surface area contributed by atoms with Gasteiger partial charge in [-0.3, -0.25) is 0 Å². The van der Waals surface area contributed by atoms with Crippen molar-refractivity contribution in [1.29, 1.82) is 0 Å². The van der Waals surface area contributed by atoms with Gasteiger partial charge in [0.05, 0.1) is 0 Å². The molecule has 2 aromatic carbocycles. The largest absolute Gasteiger partial charge is 0.370 e. The molecule has 0 saturated carbocycles. The van der Waals surface area contributed by atoms with Crippen LogP contribution in [0.3, 0.4) is 0 Å². The second-order valence-electron chi connectivity index (χ2n) is 8.26. The number of benzene rings is 2. The molecule has 0 unspecified atom stereocenters. The smallest absolute Gasteiger partial charge is 0.177 e. The zero-order valence-electron chi connectivity index (χ0n) is 19.2. The fourth-order valence-electron chi connectivity index (χ4n) is 4.04. The summed E-state index contributed by atoms with van der Waals surface area (Å²) in [6.07, 6.45) is 6.12. The van der Waals surface area contributed by atoms with Crippen LogP contribution in [0.4, 0.5) is 10.2 Å². The molecule has 9 heteroatoms. The van der Waals surface area contributed by atoms with Crippen molar-refractivity contribution >= 4 is 11.5 Å². The van der Waals surface area contributed by atoms with E-state index in [9.17, 15) is 4.39 Å². The lowest BCUT2D eigenvalue weighted by Crippen LogP contribution is -2.06. The van der Waals surface area contributed by atoms with Gasteiger partial charge in [-0.2, -0.15) is 9.61 Å². The van der Waals surface area contributed by atoms with Crippen molar-refractivity contribution in [3.63, 3.8) is 0 Å². The average Bonchev–Trinajstić information content (AvgIpc) is 3.57. The van der Waals surface area contributed by atoms with E-state index in [1.165, 1.54) is 17.7 Å². The van der Waals surface area contributed by atoms with Crippen LogP contribution in [0.2, 0.25) is 0 Å². The van der Waals surface area contributed by atoms with Crippen LogP contribution in [0.5, 0.6) is 0 Å². The highest BCUT2D eigenvalue weighted by molar-refractivity contribution is 5.81. The van der Waals surface area contributed by atoms with E-state index >= 15 is 0 Å². The molecule has 0 spiro atoms. The molecule has 36 heavy (non-hydrogen) atoms. The number of halogens is 1. The summed E-state index contributed by atoms with van der Waals surface area (Å²) < 4.78 is 16.9. The molecular weight excluding hydrogens is 455 g/mol. The predicted octanol–water partition coefficient (Wildman–Crippen LogP) is 4.83. The van der Waals surface area contributed by atoms with Gasteiger partial charge in [0.15, 0.2) is 11.5 Å². The predicted molar refractivity (Wildman–Crippen MR) is 135 cm³/mol. The van der Waals surface area contributed by atoms with Gasteiger partial charge in [-0.1, -0.05) is 30.3 Å². The summed E-state index contributed by atoms with van der Waals surface area (Å²) in [7, 11) is 0. The van der Waals surface area contributed by atoms with E-state index < -0.39 is 0 Å². The number of pyridine rings is 1. The Morgan fingerprint density at radius 2 is 1.72 bits per heavy atom. The molecule has 8 nitrogen and oxygen atoms in total. The second kappa shape index (κ2) is 9.38. The molecule has 0 bridgehead atoms. The quantitative estimate of drug-likeness (QED) is 0.355. The fourth-order valence-corrected chi connectivity index (χ4v) is 4.04. The molecule has 0 saturated heterocycles. The molecule has 0 aliphatic heterocycles. The highest BCUT2D eigenvalue weighted by atomic mass is 19.1. The minimum Gasteiger partial charge on any atom is -0.370 e. The van der Waals surface area contributed by atoms with Gasteiger partial charge in [-0.15, -0.1) is 15.3 Å². The number of hydrogen-bond donors (Lipinski definition) is 1. The second-order valence-corrected chi connectivity index (χ2v) is 8.26. The Morgan fingerprint density at radius 1 is 0.861 bits per heavy atom. The molecule has 4 aromatic heterocycles. The Hall–Kier alpha value is -4.92. The van der Waals surface area contributed by atoms with Crippen molar-refractivity contribution in [2.24, 2.45) is 0 Å². The summed E-state index contributed by atoms with van der Waals surface area (Å²) in [5.74, 6) is 1.07. The molecule has 0 atom stereocenters. The maximum absolute atomic E-state index is 13.6. The third-order valence-corrected chi connectivity index (χ3v) is 5.85. The van der Waals surface area contributed by atoms with Crippen LogP contribution in [0, 0.1) is 5.82 Å². The van der Waals surface area contributed by atoms with Crippen LogP contribution in [0.15, 0.2) is 97.6 Å². The standard InChI is InChI=1S/C27H21FN8/c28-22-8-6-20(7-9-22)27-23(17-35(34-27)26-11-10-25-32-31-18-36(25)33-26)21-13-15-30-24(16-21)29-14-12-19-4-2-1-3-5-19/h1-11,13,15-18H,12,14H2,(H,29,30). The van der Waals surface area contributed by atoms with Crippen LogP contribution < -0.4 is 5.32 Å². The Morgan fingerprint density at radius 3 is 2.58 bits per heavy atom. The normalized spacial score (nSPS) is 11.1. The molecule has 0 aliphatic carbocycles. The highest BCUT2D eigenvalue weighted by Crippen LogP contribution is 2.32. The molecule has 4 heterocycles. The molecule has 0 aliphatic rings. The topological polar surface area (TPSA) is 85.8 Å². The number of hydrogen-bond acceptors (Lipinski definition) is 6. The van der Waals surface area contributed by atoms with Crippen LogP contribution >= 0.6 is 0 Å². The van der Waals surface area contributed by atoms with Gasteiger partial charge in [-0.25, -0.2) is 14.1 Å². The number of rotatable bonds is 7. The van der Waals surface area contributed by atoms with E-state index in [1.807, 2.05) is 48.7 Å². The summed E-state index contributed by atoms with van der Waals surface area (Å²) in [4.78, 5) is 4.49. The van der Waals surface area contributed by atoms with Gasteiger partial charge in [0.25, 0.3) is 0 Å². The van der Waals surface area contributed by atoms with Crippen LogP contribution in [-0.4, -0.2) is 41.1 Å². The highest BCUT2D eigenvalue weighted by Gasteiger charge is 2.16.